The summed E-state index contributed by atoms with van der Waals surface area (Å²) in [5.41, 5.74) is 0.540. The third-order valence-corrected chi connectivity index (χ3v) is 3.79. The van der Waals surface area contributed by atoms with E-state index in [9.17, 15) is 0 Å². The van der Waals surface area contributed by atoms with Gasteiger partial charge in [0.25, 0.3) is 0 Å². The first kappa shape index (κ1) is 16.9. The maximum absolute atomic E-state index is 3.63. The van der Waals surface area contributed by atoms with Crippen molar-refractivity contribution in [3.8, 4) is 0 Å². The number of rotatable bonds is 7. The fourth-order valence-corrected chi connectivity index (χ4v) is 2.69. The summed E-state index contributed by atoms with van der Waals surface area (Å²) in [5.74, 6) is 0. The third kappa shape index (κ3) is 7.91. The van der Waals surface area contributed by atoms with Crippen LogP contribution in [0.25, 0.3) is 0 Å². The molecule has 1 aliphatic rings. The standard InChI is InChI=1S/C16H35N3/c1-15(2,3)17-13-16(4,5)14-18(6)11-12-19-9-7-8-10-19/h17H,7-14H2,1-6H3. The first-order valence-electron chi connectivity index (χ1n) is 7.84. The van der Waals surface area contributed by atoms with Crippen molar-refractivity contribution in [1.82, 2.24) is 15.1 Å². The number of hydrogen-bond acceptors (Lipinski definition) is 3. The minimum Gasteiger partial charge on any atom is -0.311 e. The average Bonchev–Trinajstić information content (AvgIpc) is 2.75. The summed E-state index contributed by atoms with van der Waals surface area (Å²) in [4.78, 5) is 5.08. The van der Waals surface area contributed by atoms with E-state index in [2.05, 4.69) is 56.8 Å². The van der Waals surface area contributed by atoms with Gasteiger partial charge in [0.05, 0.1) is 0 Å². The van der Waals surface area contributed by atoms with Crippen LogP contribution in [0.5, 0.6) is 0 Å². The van der Waals surface area contributed by atoms with Gasteiger partial charge in [-0.2, -0.15) is 0 Å². The number of nitrogens with one attached hydrogen (secondary N) is 1. The predicted molar refractivity (Wildman–Crippen MR) is 84.7 cm³/mol. The van der Waals surface area contributed by atoms with E-state index in [-0.39, 0.29) is 5.54 Å². The largest absolute Gasteiger partial charge is 0.311 e. The van der Waals surface area contributed by atoms with Gasteiger partial charge >= 0.3 is 0 Å². The fourth-order valence-electron chi connectivity index (χ4n) is 2.69. The summed E-state index contributed by atoms with van der Waals surface area (Å²) in [6.45, 7) is 18.7. The summed E-state index contributed by atoms with van der Waals surface area (Å²) in [6, 6.07) is 0. The van der Waals surface area contributed by atoms with Gasteiger partial charge in [0, 0.05) is 31.7 Å². The van der Waals surface area contributed by atoms with Crippen molar-refractivity contribution in [3.63, 3.8) is 0 Å². The first-order valence-corrected chi connectivity index (χ1v) is 7.84. The van der Waals surface area contributed by atoms with E-state index in [0.717, 1.165) is 13.1 Å². The van der Waals surface area contributed by atoms with Gasteiger partial charge in [0.15, 0.2) is 0 Å². The molecule has 0 aromatic carbocycles. The molecule has 1 saturated heterocycles. The summed E-state index contributed by atoms with van der Waals surface area (Å²) in [7, 11) is 2.26. The van der Waals surface area contributed by atoms with Crippen LogP contribution in [-0.4, -0.2) is 61.7 Å². The molecule has 0 amide bonds. The normalized spacial score (nSPS) is 18.5. The highest BCUT2D eigenvalue weighted by atomic mass is 15.2. The van der Waals surface area contributed by atoms with Crippen LogP contribution in [0, 0.1) is 5.41 Å². The van der Waals surface area contributed by atoms with Crippen molar-refractivity contribution in [2.75, 3.05) is 46.3 Å². The highest BCUT2D eigenvalue weighted by Crippen LogP contribution is 2.17. The van der Waals surface area contributed by atoms with E-state index in [1.165, 1.54) is 39.0 Å². The molecule has 1 heterocycles. The zero-order valence-corrected chi connectivity index (χ0v) is 14.1. The number of hydrogen-bond donors (Lipinski definition) is 1. The highest BCUT2D eigenvalue weighted by Gasteiger charge is 2.23. The molecule has 0 aliphatic carbocycles. The van der Waals surface area contributed by atoms with Gasteiger partial charge in [0.2, 0.25) is 0 Å². The van der Waals surface area contributed by atoms with Crippen molar-refractivity contribution in [2.24, 2.45) is 5.41 Å². The van der Waals surface area contributed by atoms with E-state index < -0.39 is 0 Å². The molecule has 0 spiro atoms. The maximum Gasteiger partial charge on any atom is 0.0109 e. The molecule has 0 bridgehead atoms. The van der Waals surface area contributed by atoms with E-state index in [4.69, 9.17) is 0 Å². The molecule has 19 heavy (non-hydrogen) atoms. The molecule has 0 aromatic heterocycles. The Hall–Kier alpha value is -0.120. The van der Waals surface area contributed by atoms with Crippen LogP contribution in [0.1, 0.15) is 47.5 Å². The molecule has 1 fully saturated rings. The minimum atomic E-state index is 0.214. The highest BCUT2D eigenvalue weighted by molar-refractivity contribution is 4.80. The third-order valence-electron chi connectivity index (χ3n) is 3.79. The molecule has 1 rings (SSSR count). The van der Waals surface area contributed by atoms with Crippen molar-refractivity contribution in [3.05, 3.63) is 0 Å². The Labute approximate surface area is 120 Å². The van der Waals surface area contributed by atoms with Crippen LogP contribution in [0.3, 0.4) is 0 Å². The van der Waals surface area contributed by atoms with Gasteiger partial charge in [-0.25, -0.2) is 0 Å². The Morgan fingerprint density at radius 2 is 1.63 bits per heavy atom. The minimum absolute atomic E-state index is 0.214. The maximum atomic E-state index is 3.63. The van der Waals surface area contributed by atoms with Gasteiger partial charge in [-0.15, -0.1) is 0 Å². The zero-order chi connectivity index (χ0) is 14.5. The van der Waals surface area contributed by atoms with Crippen LogP contribution in [0.2, 0.25) is 0 Å². The van der Waals surface area contributed by atoms with Crippen molar-refractivity contribution in [1.29, 1.82) is 0 Å². The van der Waals surface area contributed by atoms with Crippen molar-refractivity contribution < 1.29 is 0 Å². The molecular weight excluding hydrogens is 234 g/mol. The molecule has 0 saturated carbocycles. The second-order valence-corrected chi connectivity index (χ2v) is 8.05. The number of likely N-dealkylation sites (tertiary alicyclic amines) is 1. The first-order chi connectivity index (χ1) is 8.68. The number of nitrogens with zero attached hydrogens (tertiary/aromatic N) is 2. The summed E-state index contributed by atoms with van der Waals surface area (Å²) >= 11 is 0. The second kappa shape index (κ2) is 7.05. The summed E-state index contributed by atoms with van der Waals surface area (Å²) in [5, 5.41) is 3.63. The molecule has 3 nitrogen and oxygen atoms in total. The smallest absolute Gasteiger partial charge is 0.0109 e. The van der Waals surface area contributed by atoms with Gasteiger partial charge in [-0.1, -0.05) is 13.8 Å². The van der Waals surface area contributed by atoms with Gasteiger partial charge < -0.3 is 15.1 Å². The lowest BCUT2D eigenvalue weighted by Gasteiger charge is -2.34. The topological polar surface area (TPSA) is 18.5 Å². The van der Waals surface area contributed by atoms with Gasteiger partial charge in [0.1, 0.15) is 0 Å². The molecule has 0 unspecified atom stereocenters. The van der Waals surface area contributed by atoms with Crippen LogP contribution in [0.4, 0.5) is 0 Å². The summed E-state index contributed by atoms with van der Waals surface area (Å²) in [6.07, 6.45) is 2.79. The van der Waals surface area contributed by atoms with E-state index in [1.807, 2.05) is 0 Å². The van der Waals surface area contributed by atoms with E-state index in [1.54, 1.807) is 0 Å². The molecule has 0 aromatic rings. The lowest BCUT2D eigenvalue weighted by Crippen LogP contribution is -2.46. The molecule has 0 atom stereocenters. The Morgan fingerprint density at radius 1 is 1.05 bits per heavy atom. The van der Waals surface area contributed by atoms with E-state index in [0.29, 0.717) is 5.41 Å². The Kier molecular flexibility index (Phi) is 6.28. The lowest BCUT2D eigenvalue weighted by molar-refractivity contribution is 0.175. The lowest BCUT2D eigenvalue weighted by atomic mass is 9.91. The predicted octanol–water partition coefficient (Wildman–Crippen LogP) is 2.43. The van der Waals surface area contributed by atoms with Crippen molar-refractivity contribution in [2.45, 2.75) is 53.0 Å². The van der Waals surface area contributed by atoms with Crippen LogP contribution in [0.15, 0.2) is 0 Å². The van der Waals surface area contributed by atoms with Gasteiger partial charge in [-0.3, -0.25) is 0 Å². The molecule has 114 valence electrons. The van der Waals surface area contributed by atoms with Gasteiger partial charge in [-0.05, 0) is 59.2 Å². The Bertz CT molecular complexity index is 249. The molecule has 0 radical (unpaired) electrons. The zero-order valence-electron chi connectivity index (χ0n) is 14.1. The number of likely N-dealkylation sites (N-methyl/N-ethyl adjacent to an activating group) is 1. The Morgan fingerprint density at radius 3 is 2.16 bits per heavy atom. The van der Waals surface area contributed by atoms with Crippen LogP contribution < -0.4 is 5.32 Å². The van der Waals surface area contributed by atoms with Crippen molar-refractivity contribution >= 4 is 0 Å². The monoisotopic (exact) mass is 269 g/mol. The SMILES string of the molecule is CN(CCN1CCCC1)CC(C)(C)CNC(C)(C)C. The van der Waals surface area contributed by atoms with E-state index >= 15 is 0 Å². The quantitative estimate of drug-likeness (QED) is 0.766. The van der Waals surface area contributed by atoms with Crippen LogP contribution in [-0.2, 0) is 0 Å². The summed E-state index contributed by atoms with van der Waals surface area (Å²) < 4.78 is 0. The molecular formula is C16H35N3. The van der Waals surface area contributed by atoms with Crippen LogP contribution >= 0.6 is 0 Å². The molecule has 3 heteroatoms. The Balaban J connectivity index is 2.22. The molecule has 1 N–H and O–H groups in total. The average molecular weight is 269 g/mol. The fraction of sp³-hybridized carbons (Fsp3) is 1.00. The second-order valence-electron chi connectivity index (χ2n) is 8.05. The molecule has 1 aliphatic heterocycles.